The Hall–Kier alpha value is -4.01. The molecule has 2 fully saturated rings. The van der Waals surface area contributed by atoms with Gasteiger partial charge in [-0.3, -0.25) is 9.69 Å². The molecule has 12 heteroatoms. The maximum atomic E-state index is 13.9. The summed E-state index contributed by atoms with van der Waals surface area (Å²) < 4.78 is 33.8. The summed E-state index contributed by atoms with van der Waals surface area (Å²) in [6, 6.07) is 14.1. The number of ether oxygens (including phenoxy) is 1. The Bertz CT molecular complexity index is 1570. The molecule has 45 heavy (non-hydrogen) atoms. The molecule has 2 saturated heterocycles. The number of aromatic nitrogens is 2. The number of piperazine rings is 1. The van der Waals surface area contributed by atoms with E-state index in [0.29, 0.717) is 57.3 Å². The fourth-order valence-electron chi connectivity index (χ4n) is 6.23. The summed E-state index contributed by atoms with van der Waals surface area (Å²) in [6.07, 6.45) is 2.49. The van der Waals surface area contributed by atoms with Gasteiger partial charge < -0.3 is 19.4 Å². The molecule has 6 rings (SSSR count). The number of carbonyl (C=O) groups is 1. The Kier molecular flexibility index (Phi) is 10.4. The summed E-state index contributed by atoms with van der Waals surface area (Å²) in [4.78, 5) is 29.8. The van der Waals surface area contributed by atoms with E-state index in [1.54, 1.807) is 15.9 Å². The van der Waals surface area contributed by atoms with Crippen molar-refractivity contribution in [3.05, 3.63) is 65.3 Å². The van der Waals surface area contributed by atoms with E-state index in [1.807, 2.05) is 18.2 Å². The van der Waals surface area contributed by atoms with Gasteiger partial charge in [0.25, 0.3) is 5.92 Å². The second-order valence-corrected chi connectivity index (χ2v) is 11.8. The molecule has 0 aliphatic carbocycles. The van der Waals surface area contributed by atoms with Crippen molar-refractivity contribution in [2.45, 2.75) is 38.7 Å². The molecule has 0 unspecified atom stereocenters. The minimum absolute atomic E-state index is 0.0638. The predicted molar refractivity (Wildman–Crippen MR) is 172 cm³/mol. The third-order valence-corrected chi connectivity index (χ3v) is 8.69. The molecule has 3 aliphatic rings. The molecule has 1 amide bonds. The summed E-state index contributed by atoms with van der Waals surface area (Å²) in [5, 5.41) is 10.1. The first-order chi connectivity index (χ1) is 21.7. The lowest BCUT2D eigenvalue weighted by Gasteiger charge is -2.38. The van der Waals surface area contributed by atoms with Gasteiger partial charge in [0.15, 0.2) is 0 Å². The molecule has 3 aromatic rings. The van der Waals surface area contributed by atoms with Crippen LogP contribution in [0, 0.1) is 11.3 Å². The van der Waals surface area contributed by atoms with E-state index < -0.39 is 5.92 Å². The van der Waals surface area contributed by atoms with Crippen LogP contribution in [0.2, 0.25) is 5.02 Å². The largest absolute Gasteiger partial charge is 0.462 e. The molecule has 0 bridgehead atoms. The van der Waals surface area contributed by atoms with Crippen LogP contribution in [-0.2, 0) is 17.8 Å². The number of hydrogen-bond acceptors (Lipinski definition) is 8. The topological polar surface area (TPSA) is 88.8 Å². The third-order valence-electron chi connectivity index (χ3n) is 8.37. The molecule has 0 N–H and O–H groups in total. The van der Waals surface area contributed by atoms with E-state index in [9.17, 15) is 13.6 Å². The number of anilines is 2. The Morgan fingerprint density at radius 2 is 1.84 bits per heavy atom. The summed E-state index contributed by atoms with van der Waals surface area (Å²) >= 11 is 6.65. The lowest BCUT2D eigenvalue weighted by atomic mass is 10.0. The van der Waals surface area contributed by atoms with Crippen LogP contribution in [0.5, 0.6) is 6.01 Å². The number of piperidine rings is 1. The molecule has 0 atom stereocenters. The molecule has 4 heterocycles. The molecule has 0 saturated carbocycles. The molecular formula is C33H38ClF2N7O2. The number of rotatable bonds is 7. The number of nitrogens with zero attached hydrogens (tertiary/aromatic N) is 7. The highest BCUT2D eigenvalue weighted by molar-refractivity contribution is 6.36. The number of nitriles is 1. The van der Waals surface area contributed by atoms with Crippen molar-refractivity contribution < 1.29 is 18.3 Å². The molecule has 238 valence electrons. The molecule has 0 radical (unpaired) electrons. The molecule has 2 aromatic carbocycles. The van der Waals surface area contributed by atoms with Gasteiger partial charge in [-0.15, -0.1) is 0 Å². The Morgan fingerprint density at radius 3 is 2.56 bits per heavy atom. The van der Waals surface area contributed by atoms with Gasteiger partial charge in [-0.05, 0) is 43.0 Å². The molecule has 0 spiro atoms. The van der Waals surface area contributed by atoms with Crippen molar-refractivity contribution >= 4 is 39.8 Å². The minimum Gasteiger partial charge on any atom is -0.462 e. The van der Waals surface area contributed by atoms with Crippen LogP contribution in [0.3, 0.4) is 0 Å². The molecule has 9 nitrogen and oxygen atoms in total. The number of fused-ring (bicyclic) bond motifs is 2. The highest BCUT2D eigenvalue weighted by atomic mass is 35.5. The first kappa shape index (κ1) is 32.4. The number of carbonyl (C=O) groups excluding carboxylic acids is 1. The van der Waals surface area contributed by atoms with Crippen LogP contribution in [-0.4, -0.2) is 90.6 Å². The predicted octanol–water partition coefficient (Wildman–Crippen LogP) is 5.32. The smallest absolute Gasteiger partial charge is 0.318 e. The number of benzene rings is 2. The van der Waals surface area contributed by atoms with Crippen LogP contribution < -0.4 is 14.5 Å². The fourth-order valence-corrected chi connectivity index (χ4v) is 6.51. The zero-order valence-electron chi connectivity index (χ0n) is 25.5. The lowest BCUT2D eigenvalue weighted by Crippen LogP contribution is -2.49. The maximum Gasteiger partial charge on any atom is 0.318 e. The van der Waals surface area contributed by atoms with Gasteiger partial charge in [-0.1, -0.05) is 42.4 Å². The third kappa shape index (κ3) is 7.63. The van der Waals surface area contributed by atoms with Gasteiger partial charge in [0.1, 0.15) is 12.4 Å². The van der Waals surface area contributed by atoms with Crippen molar-refractivity contribution in [2.75, 3.05) is 68.8 Å². The van der Waals surface area contributed by atoms with Crippen LogP contribution in [0.4, 0.5) is 20.3 Å². The fraction of sp³-hybridized carbons (Fsp3) is 0.455. The Balaban J connectivity index is 0.00000128. The standard InChI is InChI=1S/C31H35ClF2N6O2.C2H3N/c1-2-27(41)38-14-16-39(17-15-38)29-23-10-13-40(26-9-4-7-22-6-3-8-24(32)28(22)26)20-25(23)35-30(36-29)42-19-18-37-12-5-11-31(33,34)21-37;1-2-3/h2-4,6-9H,1,5,10-21H2;1H3. The number of hydrogen-bond donors (Lipinski definition) is 0. The first-order valence-corrected chi connectivity index (χ1v) is 15.6. The zero-order valence-corrected chi connectivity index (χ0v) is 26.3. The number of alkyl halides is 2. The van der Waals surface area contributed by atoms with Crippen molar-refractivity contribution in [1.29, 1.82) is 5.26 Å². The van der Waals surface area contributed by atoms with E-state index in [-0.39, 0.29) is 31.5 Å². The number of halogens is 3. The van der Waals surface area contributed by atoms with Gasteiger partial charge in [-0.25, -0.2) is 8.78 Å². The van der Waals surface area contributed by atoms with Crippen LogP contribution in [0.15, 0.2) is 49.1 Å². The summed E-state index contributed by atoms with van der Waals surface area (Å²) in [5.74, 6) is -1.91. The van der Waals surface area contributed by atoms with Gasteiger partial charge in [0.2, 0.25) is 5.91 Å². The highest BCUT2D eigenvalue weighted by Crippen LogP contribution is 2.37. The Morgan fingerprint density at radius 1 is 1.11 bits per heavy atom. The maximum absolute atomic E-state index is 13.9. The van der Waals surface area contributed by atoms with Crippen LogP contribution >= 0.6 is 11.6 Å². The normalized spacial score (nSPS) is 18.0. The Labute approximate surface area is 267 Å². The minimum atomic E-state index is -2.66. The van der Waals surface area contributed by atoms with Crippen LogP contribution in [0.25, 0.3) is 10.8 Å². The second-order valence-electron chi connectivity index (χ2n) is 11.4. The van der Waals surface area contributed by atoms with Crippen molar-refractivity contribution in [3.63, 3.8) is 0 Å². The SMILES string of the molecule is C=CC(=O)N1CCN(c2nc(OCCN3CCCC(F)(F)C3)nc3c2CCN(c2cccc4cccc(Cl)c24)C3)CC1.CC#N. The zero-order chi connectivity index (χ0) is 32.0. The lowest BCUT2D eigenvalue weighted by molar-refractivity contribution is -0.126. The highest BCUT2D eigenvalue weighted by Gasteiger charge is 2.35. The van der Waals surface area contributed by atoms with E-state index in [0.717, 1.165) is 46.5 Å². The summed E-state index contributed by atoms with van der Waals surface area (Å²) in [6.45, 7) is 9.76. The van der Waals surface area contributed by atoms with Gasteiger partial charge in [0.05, 0.1) is 29.9 Å². The summed E-state index contributed by atoms with van der Waals surface area (Å²) in [7, 11) is 0. The van der Waals surface area contributed by atoms with Crippen molar-refractivity contribution in [1.82, 2.24) is 19.8 Å². The van der Waals surface area contributed by atoms with Crippen molar-refractivity contribution in [3.8, 4) is 12.1 Å². The molecular weight excluding hydrogens is 600 g/mol. The van der Waals surface area contributed by atoms with E-state index in [4.69, 9.17) is 31.6 Å². The molecule has 3 aliphatic heterocycles. The number of amides is 1. The summed E-state index contributed by atoms with van der Waals surface area (Å²) in [5.41, 5.74) is 3.00. The van der Waals surface area contributed by atoms with E-state index >= 15 is 0 Å². The van der Waals surface area contributed by atoms with E-state index in [2.05, 4.69) is 34.6 Å². The van der Waals surface area contributed by atoms with Gasteiger partial charge >= 0.3 is 6.01 Å². The quantitative estimate of drug-likeness (QED) is 0.322. The average molecular weight is 638 g/mol. The van der Waals surface area contributed by atoms with Crippen LogP contribution in [0.1, 0.15) is 31.0 Å². The van der Waals surface area contributed by atoms with Gasteiger partial charge in [-0.2, -0.15) is 15.2 Å². The average Bonchev–Trinajstić information content (AvgIpc) is 3.03. The number of likely N-dealkylation sites (tertiary alicyclic amines) is 1. The van der Waals surface area contributed by atoms with Crippen molar-refractivity contribution in [2.24, 2.45) is 0 Å². The van der Waals surface area contributed by atoms with E-state index in [1.165, 1.54) is 13.0 Å². The molecule has 1 aromatic heterocycles. The second kappa shape index (κ2) is 14.4. The first-order valence-electron chi connectivity index (χ1n) is 15.2. The van der Waals surface area contributed by atoms with Gasteiger partial charge in [0, 0.05) is 69.3 Å². The monoisotopic (exact) mass is 637 g/mol.